The zero-order valence-corrected chi connectivity index (χ0v) is 29.4. The molecule has 5 N–H and O–H groups in total. The van der Waals surface area contributed by atoms with Crippen LogP contribution in [-0.4, -0.2) is 32.6 Å². The van der Waals surface area contributed by atoms with Gasteiger partial charge in [-0.3, -0.25) is 9.59 Å². The number of fused-ring (bicyclic) bond motifs is 1. The predicted octanol–water partition coefficient (Wildman–Crippen LogP) is 7.45. The van der Waals surface area contributed by atoms with Gasteiger partial charge >= 0.3 is 0 Å². The average Bonchev–Trinajstić information content (AvgIpc) is 3.60. The number of rotatable bonds is 13. The number of aliphatic hydroxyl groups excluding tert-OH is 1. The fourth-order valence-corrected chi connectivity index (χ4v) is 6.66. The number of nitrogens with one attached hydrogen (secondary N) is 2. The van der Waals surface area contributed by atoms with Crippen LogP contribution in [-0.2, 0) is 38.8 Å². The standard InChI is InChI=1S/C43H43N5O5/c44-36-12-1-2-13-37(36)47-42(51)17-7-16-41(50)45-25-30-8-5-9-32(22-30)33-10-6-11-34(23-33)43-52-35(26-48-28-46-38-14-3-4-15-39(38)48)24-40(53-43)31-20-18-29(27-49)19-21-31/h1-6,8-15,18-23,28,35,40,43,49H,7,16-17,24-27,44H2,(H,45,50)(H,47,51). The zero-order valence-electron chi connectivity index (χ0n) is 29.4. The van der Waals surface area contributed by atoms with Gasteiger partial charge in [0.05, 0.1) is 54.1 Å². The molecule has 1 fully saturated rings. The largest absolute Gasteiger partial charge is 0.397 e. The van der Waals surface area contributed by atoms with E-state index in [0.717, 1.165) is 44.4 Å². The minimum atomic E-state index is -0.611. The van der Waals surface area contributed by atoms with Gasteiger partial charge in [-0.25, -0.2) is 4.98 Å². The van der Waals surface area contributed by atoms with Crippen LogP contribution < -0.4 is 16.4 Å². The van der Waals surface area contributed by atoms with Crippen LogP contribution in [0.25, 0.3) is 22.2 Å². The molecular formula is C43H43N5O5. The topological polar surface area (TPSA) is 141 Å². The fraction of sp³-hybridized carbons (Fsp3) is 0.233. The number of aromatic nitrogens is 2. The molecule has 270 valence electrons. The smallest absolute Gasteiger partial charge is 0.224 e. The van der Waals surface area contributed by atoms with Gasteiger partial charge in [0.25, 0.3) is 0 Å². The minimum absolute atomic E-state index is 0.0135. The van der Waals surface area contributed by atoms with Crippen LogP contribution in [0.5, 0.6) is 0 Å². The number of benzene rings is 5. The molecule has 5 aromatic carbocycles. The molecule has 2 amide bonds. The zero-order chi connectivity index (χ0) is 36.6. The van der Waals surface area contributed by atoms with Crippen LogP contribution in [0.2, 0.25) is 0 Å². The Morgan fingerprint density at radius 3 is 2.38 bits per heavy atom. The maximum atomic E-state index is 12.6. The van der Waals surface area contributed by atoms with E-state index >= 15 is 0 Å². The molecule has 0 saturated carbocycles. The van der Waals surface area contributed by atoms with E-state index in [-0.39, 0.29) is 43.5 Å². The number of nitrogens with two attached hydrogens (primary N) is 1. The summed E-state index contributed by atoms with van der Waals surface area (Å²) in [6.45, 7) is 0.977. The first kappa shape index (κ1) is 35.6. The van der Waals surface area contributed by atoms with E-state index in [1.807, 2.05) is 85.2 Å². The van der Waals surface area contributed by atoms with E-state index < -0.39 is 6.29 Å². The summed E-state index contributed by atoms with van der Waals surface area (Å²) in [5.74, 6) is -0.293. The lowest BCUT2D eigenvalue weighted by molar-refractivity contribution is -0.252. The van der Waals surface area contributed by atoms with Gasteiger partial charge in [0.1, 0.15) is 0 Å². The first-order chi connectivity index (χ1) is 25.9. The highest BCUT2D eigenvalue weighted by molar-refractivity contribution is 5.94. The molecule has 53 heavy (non-hydrogen) atoms. The van der Waals surface area contributed by atoms with Gasteiger partial charge < -0.3 is 35.5 Å². The third kappa shape index (κ3) is 8.99. The van der Waals surface area contributed by atoms with E-state index in [2.05, 4.69) is 44.5 Å². The van der Waals surface area contributed by atoms with Crippen molar-refractivity contribution in [3.63, 3.8) is 0 Å². The summed E-state index contributed by atoms with van der Waals surface area (Å²) < 4.78 is 15.4. The molecule has 10 heteroatoms. The Morgan fingerprint density at radius 2 is 1.55 bits per heavy atom. The lowest BCUT2D eigenvalue weighted by Crippen LogP contribution is -2.32. The van der Waals surface area contributed by atoms with E-state index in [1.165, 1.54) is 0 Å². The number of carbonyl (C=O) groups excluding carboxylic acids is 2. The first-order valence-electron chi connectivity index (χ1n) is 17.9. The molecule has 3 unspecified atom stereocenters. The first-order valence-corrected chi connectivity index (χ1v) is 17.9. The van der Waals surface area contributed by atoms with E-state index in [4.69, 9.17) is 15.2 Å². The number of nitrogen functional groups attached to an aromatic ring is 1. The molecule has 3 atom stereocenters. The maximum absolute atomic E-state index is 12.6. The quantitative estimate of drug-likeness (QED) is 0.0914. The van der Waals surface area contributed by atoms with Crippen molar-refractivity contribution < 1.29 is 24.2 Å². The van der Waals surface area contributed by atoms with Gasteiger partial charge in [0.2, 0.25) is 11.8 Å². The Labute approximate surface area is 308 Å². The van der Waals surface area contributed by atoms with Crippen LogP contribution in [0.1, 0.15) is 60.3 Å². The Balaban J connectivity index is 1.00. The average molecular weight is 710 g/mol. The molecule has 6 aromatic rings. The highest BCUT2D eigenvalue weighted by Crippen LogP contribution is 2.39. The fourth-order valence-electron chi connectivity index (χ4n) is 6.66. The summed E-state index contributed by atoms with van der Waals surface area (Å²) in [5, 5.41) is 15.4. The van der Waals surface area contributed by atoms with Crippen molar-refractivity contribution >= 4 is 34.2 Å². The predicted molar refractivity (Wildman–Crippen MR) is 205 cm³/mol. The second-order valence-electron chi connectivity index (χ2n) is 13.3. The molecule has 0 spiro atoms. The summed E-state index contributed by atoms with van der Waals surface area (Å²) in [5.41, 5.74) is 14.7. The Bertz CT molecular complexity index is 2180. The molecule has 1 aliphatic rings. The van der Waals surface area contributed by atoms with E-state index in [1.54, 1.807) is 18.2 Å². The van der Waals surface area contributed by atoms with Gasteiger partial charge in [0.15, 0.2) is 6.29 Å². The van der Waals surface area contributed by atoms with Crippen LogP contribution in [0, 0.1) is 0 Å². The van der Waals surface area contributed by atoms with Crippen LogP contribution in [0.3, 0.4) is 0 Å². The second-order valence-corrected chi connectivity index (χ2v) is 13.3. The highest BCUT2D eigenvalue weighted by atomic mass is 16.7. The summed E-state index contributed by atoms with van der Waals surface area (Å²) in [6.07, 6.45) is 2.44. The van der Waals surface area contributed by atoms with Gasteiger partial charge in [-0.15, -0.1) is 0 Å². The number of nitrogens with zero attached hydrogens (tertiary/aromatic N) is 2. The van der Waals surface area contributed by atoms with Crippen molar-refractivity contribution in [3.05, 3.63) is 150 Å². The second kappa shape index (κ2) is 16.7. The van der Waals surface area contributed by atoms with Gasteiger partial charge in [-0.1, -0.05) is 84.9 Å². The number of ether oxygens (including phenoxy) is 2. The Morgan fingerprint density at radius 1 is 0.792 bits per heavy atom. The number of carbonyl (C=O) groups is 2. The van der Waals surface area contributed by atoms with Gasteiger partial charge in [-0.05, 0) is 70.6 Å². The van der Waals surface area contributed by atoms with Gasteiger partial charge in [-0.2, -0.15) is 0 Å². The number of hydrogen-bond acceptors (Lipinski definition) is 7. The lowest BCUT2D eigenvalue weighted by Gasteiger charge is -2.36. The molecular weight excluding hydrogens is 667 g/mol. The third-order valence-corrected chi connectivity index (χ3v) is 9.49. The van der Waals surface area contributed by atoms with E-state index in [0.29, 0.717) is 37.3 Å². The van der Waals surface area contributed by atoms with Crippen molar-refractivity contribution in [1.29, 1.82) is 0 Å². The van der Waals surface area contributed by atoms with Crippen molar-refractivity contribution in [2.75, 3.05) is 11.1 Å². The maximum Gasteiger partial charge on any atom is 0.224 e. The normalized spacial score (nSPS) is 17.0. The summed E-state index contributed by atoms with van der Waals surface area (Å²) in [7, 11) is 0. The number of imidazole rings is 1. The van der Waals surface area contributed by atoms with E-state index in [9.17, 15) is 14.7 Å². The summed E-state index contributed by atoms with van der Waals surface area (Å²) in [4.78, 5) is 29.5. The molecule has 1 saturated heterocycles. The van der Waals surface area contributed by atoms with Crippen molar-refractivity contribution in [1.82, 2.24) is 14.9 Å². The molecule has 0 aliphatic carbocycles. The van der Waals surface area contributed by atoms with Crippen molar-refractivity contribution in [2.45, 2.75) is 63.9 Å². The number of amides is 2. The number of anilines is 2. The molecule has 1 aromatic heterocycles. The number of aliphatic hydroxyl groups is 1. The van der Waals surface area contributed by atoms with Crippen molar-refractivity contribution in [3.8, 4) is 11.1 Å². The lowest BCUT2D eigenvalue weighted by atomic mass is 9.98. The molecule has 10 nitrogen and oxygen atoms in total. The third-order valence-electron chi connectivity index (χ3n) is 9.49. The molecule has 2 heterocycles. The summed E-state index contributed by atoms with van der Waals surface area (Å²) >= 11 is 0. The Kier molecular flexibility index (Phi) is 11.2. The molecule has 1 aliphatic heterocycles. The summed E-state index contributed by atoms with van der Waals surface area (Å²) in [6, 6.07) is 39.3. The van der Waals surface area contributed by atoms with Crippen LogP contribution >= 0.6 is 0 Å². The van der Waals surface area contributed by atoms with Crippen LogP contribution in [0.4, 0.5) is 11.4 Å². The number of para-hydroxylation sites is 4. The molecule has 7 rings (SSSR count). The minimum Gasteiger partial charge on any atom is -0.397 e. The molecule has 0 bridgehead atoms. The van der Waals surface area contributed by atoms with Gasteiger partial charge in [0, 0.05) is 31.4 Å². The van der Waals surface area contributed by atoms with Crippen molar-refractivity contribution in [2.24, 2.45) is 0 Å². The number of hydrogen-bond donors (Lipinski definition) is 4. The SMILES string of the molecule is Nc1ccccc1NC(=O)CCCC(=O)NCc1cccc(-c2cccc(C3OC(Cn4cnc5ccccc54)CC(c4ccc(CO)cc4)O3)c2)c1. The van der Waals surface area contributed by atoms with Crippen LogP contribution in [0.15, 0.2) is 128 Å². The highest BCUT2D eigenvalue weighted by Gasteiger charge is 2.33. The molecule has 0 radical (unpaired) electrons. The Hall–Kier alpha value is -5.81. The monoisotopic (exact) mass is 709 g/mol.